The van der Waals surface area contributed by atoms with Gasteiger partial charge in [-0.25, -0.2) is 0 Å². The molecule has 1 aliphatic rings. The number of hydrogen-bond acceptors (Lipinski definition) is 3. The highest BCUT2D eigenvalue weighted by molar-refractivity contribution is 5.85. The van der Waals surface area contributed by atoms with Crippen molar-refractivity contribution in [2.45, 2.75) is 32.1 Å². The molecular formula is C8H13NO3. The summed E-state index contributed by atoms with van der Waals surface area (Å²) in [5.41, 5.74) is 0.743. The standard InChI is InChI=1S/C8H13NO3/c10-8(11)5-6-2-1-3-7(4-6)9-12/h6,12H,1-5H2,(H,10,11). The SMILES string of the molecule is O=C(O)CC1CCCC(=NO)C1. The summed E-state index contributed by atoms with van der Waals surface area (Å²) in [6.07, 6.45) is 3.52. The highest BCUT2D eigenvalue weighted by Gasteiger charge is 2.20. The summed E-state index contributed by atoms with van der Waals surface area (Å²) in [7, 11) is 0. The Morgan fingerprint density at radius 2 is 2.42 bits per heavy atom. The van der Waals surface area contributed by atoms with Gasteiger partial charge in [-0.05, 0) is 31.6 Å². The average molecular weight is 171 g/mol. The molecule has 1 saturated carbocycles. The minimum absolute atomic E-state index is 0.169. The van der Waals surface area contributed by atoms with Gasteiger partial charge in [-0.15, -0.1) is 0 Å². The molecule has 0 heterocycles. The Labute approximate surface area is 70.9 Å². The highest BCUT2D eigenvalue weighted by Crippen LogP contribution is 2.24. The molecular weight excluding hydrogens is 158 g/mol. The van der Waals surface area contributed by atoms with E-state index in [1.165, 1.54) is 0 Å². The molecule has 0 aromatic rings. The summed E-state index contributed by atoms with van der Waals surface area (Å²) in [5, 5.41) is 20.1. The highest BCUT2D eigenvalue weighted by atomic mass is 16.4. The van der Waals surface area contributed by atoms with Gasteiger partial charge < -0.3 is 10.3 Å². The predicted octanol–water partition coefficient (Wildman–Crippen LogP) is 1.48. The van der Waals surface area contributed by atoms with Gasteiger partial charge in [-0.2, -0.15) is 0 Å². The third kappa shape index (κ3) is 2.53. The lowest BCUT2D eigenvalue weighted by molar-refractivity contribution is -0.138. The van der Waals surface area contributed by atoms with Crippen molar-refractivity contribution >= 4 is 11.7 Å². The molecule has 68 valence electrons. The van der Waals surface area contributed by atoms with Crippen LogP contribution in [0, 0.1) is 5.92 Å². The number of rotatable bonds is 2. The number of carboxylic acid groups (broad SMARTS) is 1. The van der Waals surface area contributed by atoms with Gasteiger partial charge in [-0.3, -0.25) is 4.79 Å². The van der Waals surface area contributed by atoms with Crippen molar-refractivity contribution in [3.05, 3.63) is 0 Å². The molecule has 1 unspecified atom stereocenters. The molecule has 0 amide bonds. The molecule has 0 aromatic carbocycles. The zero-order chi connectivity index (χ0) is 8.97. The van der Waals surface area contributed by atoms with Gasteiger partial charge in [0.05, 0.1) is 5.71 Å². The molecule has 4 heteroatoms. The Hall–Kier alpha value is -1.06. The van der Waals surface area contributed by atoms with Crippen LogP contribution in [0.1, 0.15) is 32.1 Å². The molecule has 0 aliphatic heterocycles. The monoisotopic (exact) mass is 171 g/mol. The molecule has 1 rings (SSSR count). The van der Waals surface area contributed by atoms with E-state index in [9.17, 15) is 4.79 Å². The first-order valence-electron chi connectivity index (χ1n) is 4.14. The lowest BCUT2D eigenvalue weighted by Crippen LogP contribution is -2.18. The van der Waals surface area contributed by atoms with Crippen LogP contribution < -0.4 is 0 Å². The molecule has 1 atom stereocenters. The fraction of sp³-hybridized carbons (Fsp3) is 0.750. The number of oxime groups is 1. The quantitative estimate of drug-likeness (QED) is 0.488. The van der Waals surface area contributed by atoms with Crippen molar-refractivity contribution in [2.75, 3.05) is 0 Å². The van der Waals surface area contributed by atoms with Crippen LogP contribution in [-0.2, 0) is 4.79 Å². The van der Waals surface area contributed by atoms with Crippen LogP contribution in [0.2, 0.25) is 0 Å². The van der Waals surface area contributed by atoms with Crippen LogP contribution >= 0.6 is 0 Å². The van der Waals surface area contributed by atoms with E-state index in [1.54, 1.807) is 0 Å². The van der Waals surface area contributed by atoms with Crippen LogP contribution in [0.3, 0.4) is 0 Å². The van der Waals surface area contributed by atoms with E-state index < -0.39 is 5.97 Å². The van der Waals surface area contributed by atoms with Gasteiger partial charge >= 0.3 is 5.97 Å². The summed E-state index contributed by atoms with van der Waals surface area (Å²) in [6.45, 7) is 0. The van der Waals surface area contributed by atoms with E-state index in [0.717, 1.165) is 25.0 Å². The molecule has 12 heavy (non-hydrogen) atoms. The van der Waals surface area contributed by atoms with Crippen molar-refractivity contribution in [2.24, 2.45) is 11.1 Å². The second-order valence-corrected chi connectivity index (χ2v) is 3.23. The molecule has 0 spiro atoms. The van der Waals surface area contributed by atoms with E-state index in [-0.39, 0.29) is 12.3 Å². The van der Waals surface area contributed by atoms with E-state index in [1.807, 2.05) is 0 Å². The summed E-state index contributed by atoms with van der Waals surface area (Å²) in [4.78, 5) is 10.4. The first-order valence-corrected chi connectivity index (χ1v) is 4.14. The minimum atomic E-state index is -0.765. The summed E-state index contributed by atoms with van der Waals surface area (Å²) in [5.74, 6) is -0.596. The van der Waals surface area contributed by atoms with Crippen LogP contribution in [0.15, 0.2) is 5.16 Å². The third-order valence-corrected chi connectivity index (χ3v) is 2.21. The fourth-order valence-corrected chi connectivity index (χ4v) is 1.64. The molecule has 1 fully saturated rings. The molecule has 0 bridgehead atoms. The van der Waals surface area contributed by atoms with Gasteiger partial charge in [0.15, 0.2) is 0 Å². The topological polar surface area (TPSA) is 69.9 Å². The number of aliphatic carboxylic acids is 1. The van der Waals surface area contributed by atoms with Crippen LogP contribution in [0.25, 0.3) is 0 Å². The molecule has 0 radical (unpaired) electrons. The maximum absolute atomic E-state index is 10.4. The fourth-order valence-electron chi connectivity index (χ4n) is 1.64. The van der Waals surface area contributed by atoms with Crippen molar-refractivity contribution in [3.8, 4) is 0 Å². The van der Waals surface area contributed by atoms with Crippen molar-refractivity contribution in [1.82, 2.24) is 0 Å². The van der Waals surface area contributed by atoms with E-state index in [0.29, 0.717) is 6.42 Å². The van der Waals surface area contributed by atoms with Gasteiger partial charge in [0, 0.05) is 6.42 Å². The van der Waals surface area contributed by atoms with Gasteiger partial charge in [0.2, 0.25) is 0 Å². The zero-order valence-corrected chi connectivity index (χ0v) is 6.86. The summed E-state index contributed by atoms with van der Waals surface area (Å²) < 4.78 is 0. The smallest absolute Gasteiger partial charge is 0.303 e. The predicted molar refractivity (Wildman–Crippen MR) is 43.4 cm³/mol. The van der Waals surface area contributed by atoms with Gasteiger partial charge in [0.1, 0.15) is 0 Å². The van der Waals surface area contributed by atoms with Crippen LogP contribution in [-0.4, -0.2) is 22.0 Å². The van der Waals surface area contributed by atoms with E-state index >= 15 is 0 Å². The second-order valence-electron chi connectivity index (χ2n) is 3.23. The van der Waals surface area contributed by atoms with Crippen molar-refractivity contribution < 1.29 is 15.1 Å². The Morgan fingerprint density at radius 3 is 3.00 bits per heavy atom. The number of nitrogens with zero attached hydrogens (tertiary/aromatic N) is 1. The molecule has 2 N–H and O–H groups in total. The Balaban J connectivity index is 2.41. The molecule has 4 nitrogen and oxygen atoms in total. The molecule has 0 aromatic heterocycles. The van der Waals surface area contributed by atoms with Crippen LogP contribution in [0.5, 0.6) is 0 Å². The molecule has 0 saturated heterocycles. The second kappa shape index (κ2) is 4.09. The van der Waals surface area contributed by atoms with E-state index in [4.69, 9.17) is 10.3 Å². The zero-order valence-electron chi connectivity index (χ0n) is 6.86. The maximum atomic E-state index is 10.4. The normalized spacial score (nSPS) is 27.3. The third-order valence-electron chi connectivity index (χ3n) is 2.21. The summed E-state index contributed by atoms with van der Waals surface area (Å²) >= 11 is 0. The largest absolute Gasteiger partial charge is 0.481 e. The average Bonchev–Trinajstić information content (AvgIpc) is 2.03. The Kier molecular flexibility index (Phi) is 3.08. The number of carboxylic acids is 1. The Morgan fingerprint density at radius 1 is 1.67 bits per heavy atom. The lowest BCUT2D eigenvalue weighted by atomic mass is 9.86. The number of carbonyl (C=O) groups is 1. The van der Waals surface area contributed by atoms with Gasteiger partial charge in [-0.1, -0.05) is 5.16 Å². The Bertz CT molecular complexity index is 200. The van der Waals surface area contributed by atoms with E-state index in [2.05, 4.69) is 5.16 Å². The lowest BCUT2D eigenvalue weighted by Gasteiger charge is -2.20. The first-order chi connectivity index (χ1) is 5.72. The minimum Gasteiger partial charge on any atom is -0.481 e. The summed E-state index contributed by atoms with van der Waals surface area (Å²) in [6, 6.07) is 0. The van der Waals surface area contributed by atoms with Crippen LogP contribution in [0.4, 0.5) is 0 Å². The van der Waals surface area contributed by atoms with Crippen molar-refractivity contribution in [1.29, 1.82) is 0 Å². The number of hydrogen-bond donors (Lipinski definition) is 2. The van der Waals surface area contributed by atoms with Crippen molar-refractivity contribution in [3.63, 3.8) is 0 Å². The first kappa shape index (κ1) is 9.03. The van der Waals surface area contributed by atoms with Gasteiger partial charge in [0.25, 0.3) is 0 Å². The molecule has 1 aliphatic carbocycles. The maximum Gasteiger partial charge on any atom is 0.303 e.